The Kier molecular flexibility index (Phi) is 6.67. The zero-order valence-electron chi connectivity index (χ0n) is 13.5. The maximum Gasteiger partial charge on any atom is 0.220 e. The van der Waals surface area contributed by atoms with Crippen molar-refractivity contribution in [2.45, 2.75) is 19.3 Å². The summed E-state index contributed by atoms with van der Waals surface area (Å²) in [4.78, 5) is 18.4. The SMILES string of the molecule is CN(C)CCCNC(=O)CCc1nc(-c2ccc(F)cc2)cs1. The van der Waals surface area contributed by atoms with E-state index in [0.29, 0.717) is 19.4 Å². The first kappa shape index (κ1) is 17.6. The summed E-state index contributed by atoms with van der Waals surface area (Å²) in [5.74, 6) is -0.197. The third kappa shape index (κ3) is 6.08. The van der Waals surface area contributed by atoms with Gasteiger partial charge in [0, 0.05) is 30.3 Å². The molecule has 1 heterocycles. The minimum Gasteiger partial charge on any atom is -0.356 e. The van der Waals surface area contributed by atoms with Gasteiger partial charge in [0.1, 0.15) is 5.82 Å². The van der Waals surface area contributed by atoms with Crippen LogP contribution in [0.25, 0.3) is 11.3 Å². The molecular weight excluding hydrogens is 313 g/mol. The number of aromatic nitrogens is 1. The van der Waals surface area contributed by atoms with Crippen LogP contribution in [0.3, 0.4) is 0 Å². The highest BCUT2D eigenvalue weighted by Gasteiger charge is 2.07. The van der Waals surface area contributed by atoms with Gasteiger partial charge >= 0.3 is 0 Å². The van der Waals surface area contributed by atoms with Crippen molar-refractivity contribution in [3.8, 4) is 11.3 Å². The van der Waals surface area contributed by atoms with Crippen LogP contribution in [0.4, 0.5) is 4.39 Å². The molecule has 1 N–H and O–H groups in total. The van der Waals surface area contributed by atoms with Gasteiger partial charge in [0.2, 0.25) is 5.91 Å². The van der Waals surface area contributed by atoms with Gasteiger partial charge < -0.3 is 10.2 Å². The summed E-state index contributed by atoms with van der Waals surface area (Å²) in [6.45, 7) is 1.67. The maximum atomic E-state index is 12.9. The molecule has 0 bridgehead atoms. The number of aryl methyl sites for hydroxylation is 1. The number of carbonyl (C=O) groups is 1. The first-order valence-electron chi connectivity index (χ1n) is 7.66. The van der Waals surface area contributed by atoms with E-state index in [2.05, 4.69) is 15.2 Å². The lowest BCUT2D eigenvalue weighted by molar-refractivity contribution is -0.121. The van der Waals surface area contributed by atoms with Gasteiger partial charge in [0.15, 0.2) is 0 Å². The Morgan fingerprint density at radius 3 is 2.74 bits per heavy atom. The van der Waals surface area contributed by atoms with E-state index in [-0.39, 0.29) is 11.7 Å². The van der Waals surface area contributed by atoms with Crippen LogP contribution in [-0.4, -0.2) is 43.0 Å². The topological polar surface area (TPSA) is 45.2 Å². The molecule has 124 valence electrons. The van der Waals surface area contributed by atoms with Gasteiger partial charge in [0.25, 0.3) is 0 Å². The Balaban J connectivity index is 1.76. The monoisotopic (exact) mass is 335 g/mol. The van der Waals surface area contributed by atoms with Crippen LogP contribution in [0.15, 0.2) is 29.6 Å². The molecule has 0 saturated heterocycles. The summed E-state index contributed by atoms with van der Waals surface area (Å²) in [5.41, 5.74) is 1.72. The van der Waals surface area contributed by atoms with Crippen LogP contribution in [0.1, 0.15) is 17.8 Å². The second-order valence-corrected chi connectivity index (χ2v) is 6.58. The fraction of sp³-hybridized carbons (Fsp3) is 0.412. The molecule has 2 rings (SSSR count). The molecule has 4 nitrogen and oxygen atoms in total. The number of hydrogen-bond donors (Lipinski definition) is 1. The molecule has 0 spiro atoms. The van der Waals surface area contributed by atoms with E-state index in [9.17, 15) is 9.18 Å². The molecule has 1 amide bonds. The quantitative estimate of drug-likeness (QED) is 0.755. The molecule has 0 unspecified atom stereocenters. The summed E-state index contributed by atoms with van der Waals surface area (Å²) in [6.07, 6.45) is 2.02. The number of nitrogens with zero attached hydrogens (tertiary/aromatic N) is 2. The molecule has 1 aromatic carbocycles. The van der Waals surface area contributed by atoms with Crippen LogP contribution < -0.4 is 5.32 Å². The Morgan fingerprint density at radius 1 is 1.30 bits per heavy atom. The number of hydrogen-bond acceptors (Lipinski definition) is 4. The molecule has 0 atom stereocenters. The van der Waals surface area contributed by atoms with Gasteiger partial charge in [-0.1, -0.05) is 0 Å². The third-order valence-electron chi connectivity index (χ3n) is 3.36. The minimum absolute atomic E-state index is 0.0577. The van der Waals surface area contributed by atoms with E-state index in [0.717, 1.165) is 29.2 Å². The van der Waals surface area contributed by atoms with Gasteiger partial charge in [-0.3, -0.25) is 4.79 Å². The van der Waals surface area contributed by atoms with Crippen LogP contribution in [-0.2, 0) is 11.2 Å². The number of carbonyl (C=O) groups excluding carboxylic acids is 1. The van der Waals surface area contributed by atoms with Crippen molar-refractivity contribution in [3.05, 3.63) is 40.5 Å². The number of benzene rings is 1. The van der Waals surface area contributed by atoms with Crippen LogP contribution >= 0.6 is 11.3 Å². The van der Waals surface area contributed by atoms with Gasteiger partial charge in [0.05, 0.1) is 10.7 Å². The van der Waals surface area contributed by atoms with Crippen molar-refractivity contribution >= 4 is 17.2 Å². The zero-order chi connectivity index (χ0) is 16.7. The molecule has 23 heavy (non-hydrogen) atoms. The van der Waals surface area contributed by atoms with Gasteiger partial charge in [-0.25, -0.2) is 9.37 Å². The van der Waals surface area contributed by atoms with Gasteiger partial charge in [-0.05, 0) is 51.3 Å². The smallest absolute Gasteiger partial charge is 0.220 e. The van der Waals surface area contributed by atoms with Crippen molar-refractivity contribution in [3.63, 3.8) is 0 Å². The molecule has 0 aliphatic carbocycles. The Morgan fingerprint density at radius 2 is 2.04 bits per heavy atom. The number of rotatable bonds is 8. The van der Waals surface area contributed by atoms with Crippen LogP contribution in [0.5, 0.6) is 0 Å². The lowest BCUT2D eigenvalue weighted by Crippen LogP contribution is -2.27. The number of amides is 1. The molecule has 2 aromatic rings. The largest absolute Gasteiger partial charge is 0.356 e. The number of nitrogens with one attached hydrogen (secondary N) is 1. The van der Waals surface area contributed by atoms with Crippen molar-refractivity contribution < 1.29 is 9.18 Å². The Bertz CT molecular complexity index is 625. The summed E-state index contributed by atoms with van der Waals surface area (Å²) >= 11 is 1.53. The van der Waals surface area contributed by atoms with Crippen molar-refractivity contribution in [1.29, 1.82) is 0 Å². The molecule has 0 aliphatic rings. The molecule has 0 radical (unpaired) electrons. The maximum absolute atomic E-state index is 12.9. The van der Waals surface area contributed by atoms with E-state index in [4.69, 9.17) is 0 Å². The molecule has 1 aromatic heterocycles. The van der Waals surface area contributed by atoms with Crippen molar-refractivity contribution in [1.82, 2.24) is 15.2 Å². The third-order valence-corrected chi connectivity index (χ3v) is 4.27. The van der Waals surface area contributed by atoms with Gasteiger partial charge in [-0.15, -0.1) is 11.3 Å². The van der Waals surface area contributed by atoms with Crippen molar-refractivity contribution in [2.75, 3.05) is 27.2 Å². The highest BCUT2D eigenvalue weighted by molar-refractivity contribution is 7.09. The van der Waals surface area contributed by atoms with Crippen LogP contribution in [0.2, 0.25) is 0 Å². The first-order valence-corrected chi connectivity index (χ1v) is 8.54. The predicted octanol–water partition coefficient (Wildman–Crippen LogP) is 2.95. The highest BCUT2D eigenvalue weighted by atomic mass is 32.1. The van der Waals surface area contributed by atoms with Crippen molar-refractivity contribution in [2.24, 2.45) is 0 Å². The molecular formula is C17H22FN3OS. The zero-order valence-corrected chi connectivity index (χ0v) is 14.3. The lowest BCUT2D eigenvalue weighted by atomic mass is 10.2. The summed E-state index contributed by atoms with van der Waals surface area (Å²) < 4.78 is 12.9. The molecule has 6 heteroatoms. The standard InChI is InChI=1S/C17H22FN3OS/c1-21(2)11-3-10-19-16(22)8-9-17-20-15(12-23-17)13-4-6-14(18)7-5-13/h4-7,12H,3,8-11H2,1-2H3,(H,19,22). The van der Waals surface area contributed by atoms with E-state index in [1.807, 2.05) is 19.5 Å². The van der Waals surface area contributed by atoms with E-state index >= 15 is 0 Å². The fourth-order valence-electron chi connectivity index (χ4n) is 2.11. The lowest BCUT2D eigenvalue weighted by Gasteiger charge is -2.09. The second-order valence-electron chi connectivity index (χ2n) is 5.64. The summed E-state index contributed by atoms with van der Waals surface area (Å²) in [7, 11) is 4.03. The molecule has 0 aliphatic heterocycles. The molecule has 0 fully saturated rings. The predicted molar refractivity (Wildman–Crippen MR) is 92.0 cm³/mol. The summed E-state index contributed by atoms with van der Waals surface area (Å²) in [6, 6.07) is 6.28. The average Bonchev–Trinajstić information content (AvgIpc) is 2.99. The Labute approximate surface area is 140 Å². The average molecular weight is 335 g/mol. The number of halogens is 1. The molecule has 0 saturated carbocycles. The summed E-state index contributed by atoms with van der Waals surface area (Å²) in [5, 5.41) is 5.79. The van der Waals surface area contributed by atoms with Crippen LogP contribution in [0, 0.1) is 5.82 Å². The number of thiazole rings is 1. The normalized spacial score (nSPS) is 11.0. The Hall–Kier alpha value is -1.79. The van der Waals surface area contributed by atoms with Gasteiger partial charge in [-0.2, -0.15) is 0 Å². The highest BCUT2D eigenvalue weighted by Crippen LogP contribution is 2.22. The first-order chi connectivity index (χ1) is 11.0. The second kappa shape index (κ2) is 8.74. The van der Waals surface area contributed by atoms with E-state index in [1.165, 1.54) is 23.5 Å². The van der Waals surface area contributed by atoms with E-state index in [1.54, 1.807) is 12.1 Å². The fourth-order valence-corrected chi connectivity index (χ4v) is 2.92. The van der Waals surface area contributed by atoms with E-state index < -0.39 is 0 Å². The minimum atomic E-state index is -0.254.